The van der Waals surface area contributed by atoms with E-state index in [4.69, 9.17) is 9.29 Å². The summed E-state index contributed by atoms with van der Waals surface area (Å²) < 4.78 is 27.2. The Morgan fingerprint density at radius 2 is 1.88 bits per heavy atom. The monoisotopic (exact) mass is 373 g/mol. The topological polar surface area (TPSA) is 91.2 Å². The molecule has 136 valence electrons. The van der Waals surface area contributed by atoms with Gasteiger partial charge in [0, 0.05) is 19.0 Å². The van der Waals surface area contributed by atoms with Gasteiger partial charge in [-0.25, -0.2) is 9.22 Å². The number of nitrogens with zero attached hydrogens (tertiary/aromatic N) is 2. The van der Waals surface area contributed by atoms with Gasteiger partial charge in [-0.3, -0.25) is 14.1 Å². The number of hydrazone groups is 1. The van der Waals surface area contributed by atoms with Crippen molar-refractivity contribution in [2.75, 3.05) is 11.8 Å². The molecule has 2 aromatic carbocycles. The second kappa shape index (κ2) is 7.67. The summed E-state index contributed by atoms with van der Waals surface area (Å²) in [5.41, 5.74) is 3.16. The largest absolute Gasteiger partial charge is 0.497 e. The molecule has 0 fully saturated rings. The Morgan fingerprint density at radius 3 is 2.42 bits per heavy atom. The highest BCUT2D eigenvalue weighted by Crippen LogP contribution is 2.33. The van der Waals surface area contributed by atoms with Crippen LogP contribution in [0.4, 0.5) is 5.69 Å². The number of hydrogen-bond donors (Lipinski definition) is 2. The molecular weight excluding hydrogens is 354 g/mol. The van der Waals surface area contributed by atoms with Crippen LogP contribution in [-0.4, -0.2) is 32.5 Å². The predicted octanol–water partition coefficient (Wildman–Crippen LogP) is 2.94. The van der Waals surface area contributed by atoms with Crippen LogP contribution in [0.15, 0.2) is 53.6 Å². The van der Waals surface area contributed by atoms with Gasteiger partial charge in [-0.1, -0.05) is 24.3 Å². The van der Waals surface area contributed by atoms with Crippen molar-refractivity contribution in [3.63, 3.8) is 0 Å². The maximum absolute atomic E-state index is 12.0. The maximum atomic E-state index is 12.0. The lowest BCUT2D eigenvalue weighted by Crippen LogP contribution is -2.24. The summed E-state index contributed by atoms with van der Waals surface area (Å²) in [5, 5.41) is 5.98. The molecule has 1 heterocycles. The van der Waals surface area contributed by atoms with Crippen molar-refractivity contribution >= 4 is 28.6 Å². The molecule has 0 aliphatic carbocycles. The van der Waals surface area contributed by atoms with E-state index < -0.39 is 11.3 Å². The lowest BCUT2D eigenvalue weighted by molar-refractivity contribution is -0.130. The van der Waals surface area contributed by atoms with Crippen molar-refractivity contribution < 1.29 is 18.3 Å². The number of anilines is 1. The zero-order valence-electron chi connectivity index (χ0n) is 14.4. The normalized spacial score (nSPS) is 17.6. The zero-order chi connectivity index (χ0) is 18.7. The summed E-state index contributed by atoms with van der Waals surface area (Å²) in [5.74, 6) is 0.626. The molecule has 2 N–H and O–H groups in total. The van der Waals surface area contributed by atoms with Gasteiger partial charge < -0.3 is 4.74 Å². The van der Waals surface area contributed by atoms with Crippen LogP contribution in [0.2, 0.25) is 0 Å². The third kappa shape index (κ3) is 3.92. The first-order chi connectivity index (χ1) is 12.5. The van der Waals surface area contributed by atoms with E-state index in [9.17, 15) is 9.00 Å². The van der Waals surface area contributed by atoms with Crippen LogP contribution < -0.4 is 9.46 Å². The fourth-order valence-electron chi connectivity index (χ4n) is 2.89. The number of amides is 1. The molecule has 0 aromatic heterocycles. The van der Waals surface area contributed by atoms with Gasteiger partial charge in [-0.2, -0.15) is 5.10 Å². The first kappa shape index (κ1) is 18.1. The van der Waals surface area contributed by atoms with Gasteiger partial charge in [0.2, 0.25) is 5.91 Å². The number of carbonyl (C=O) groups is 1. The molecule has 0 radical (unpaired) electrons. The summed E-state index contributed by atoms with van der Waals surface area (Å²) in [7, 11) is 1.61. The van der Waals surface area contributed by atoms with Crippen LogP contribution in [0.25, 0.3) is 0 Å². The third-order valence-corrected chi connectivity index (χ3v) is 4.57. The Kier molecular flexibility index (Phi) is 5.34. The molecule has 3 rings (SSSR count). The van der Waals surface area contributed by atoms with Crippen LogP contribution in [0.1, 0.15) is 30.5 Å². The van der Waals surface area contributed by atoms with E-state index in [2.05, 4.69) is 9.82 Å². The summed E-state index contributed by atoms with van der Waals surface area (Å²) in [6, 6.07) is 14.4. The molecule has 2 unspecified atom stereocenters. The van der Waals surface area contributed by atoms with Gasteiger partial charge in [0.15, 0.2) is 0 Å². The molecule has 2 atom stereocenters. The number of hydrogen-bond acceptors (Lipinski definition) is 4. The van der Waals surface area contributed by atoms with Gasteiger partial charge in [0.05, 0.1) is 18.9 Å². The summed E-state index contributed by atoms with van der Waals surface area (Å²) in [4.78, 5) is 12.0. The summed E-state index contributed by atoms with van der Waals surface area (Å²) >= 11 is -2.11. The number of carbonyl (C=O) groups excluding carboxylic acids is 1. The number of ether oxygens (including phenoxy) is 1. The number of benzene rings is 2. The van der Waals surface area contributed by atoms with Crippen LogP contribution in [-0.2, 0) is 16.1 Å². The molecule has 1 aliphatic heterocycles. The molecular formula is C18H19N3O4S. The second-order valence-electron chi connectivity index (χ2n) is 5.83. The van der Waals surface area contributed by atoms with E-state index >= 15 is 0 Å². The highest BCUT2D eigenvalue weighted by atomic mass is 32.2. The lowest BCUT2D eigenvalue weighted by atomic mass is 9.98. The summed E-state index contributed by atoms with van der Waals surface area (Å²) in [6.45, 7) is 1.49. The molecule has 8 heteroatoms. The number of rotatable bonds is 5. The van der Waals surface area contributed by atoms with E-state index in [0.717, 1.165) is 22.6 Å². The molecule has 0 saturated carbocycles. The summed E-state index contributed by atoms with van der Waals surface area (Å²) in [6.07, 6.45) is 0.588. The van der Waals surface area contributed by atoms with Crippen molar-refractivity contribution in [2.45, 2.75) is 19.4 Å². The Hall–Kier alpha value is -2.71. The van der Waals surface area contributed by atoms with Gasteiger partial charge in [0.25, 0.3) is 11.3 Å². The lowest BCUT2D eigenvalue weighted by Gasteiger charge is -2.20. The molecule has 0 bridgehead atoms. The van der Waals surface area contributed by atoms with E-state index in [-0.39, 0.29) is 11.9 Å². The van der Waals surface area contributed by atoms with Gasteiger partial charge in [-0.05, 0) is 35.4 Å². The van der Waals surface area contributed by atoms with Crippen LogP contribution in [0.3, 0.4) is 0 Å². The third-order valence-electron chi connectivity index (χ3n) is 4.16. The van der Waals surface area contributed by atoms with E-state index in [1.54, 1.807) is 19.2 Å². The number of nitrogens with one attached hydrogen (secondary N) is 1. The highest BCUT2D eigenvalue weighted by molar-refractivity contribution is 7.80. The molecule has 1 aliphatic rings. The molecule has 26 heavy (non-hydrogen) atoms. The molecule has 0 saturated heterocycles. The SMILES string of the molecule is COc1ccc(C2CC(c3ccc(NS(=O)O)cc3)=NN2C(C)=O)cc1. The fourth-order valence-corrected chi connectivity index (χ4v) is 3.23. The highest BCUT2D eigenvalue weighted by Gasteiger charge is 2.31. The Labute approximate surface area is 154 Å². The van der Waals surface area contributed by atoms with Crippen molar-refractivity contribution in [1.82, 2.24) is 5.01 Å². The van der Waals surface area contributed by atoms with Gasteiger partial charge in [0.1, 0.15) is 5.75 Å². The minimum absolute atomic E-state index is 0.130. The zero-order valence-corrected chi connectivity index (χ0v) is 15.2. The van der Waals surface area contributed by atoms with Crippen molar-refractivity contribution in [2.24, 2.45) is 5.10 Å². The Morgan fingerprint density at radius 1 is 1.23 bits per heavy atom. The van der Waals surface area contributed by atoms with Crippen LogP contribution in [0, 0.1) is 0 Å². The van der Waals surface area contributed by atoms with Crippen molar-refractivity contribution in [1.29, 1.82) is 0 Å². The maximum Gasteiger partial charge on any atom is 0.259 e. The standard InChI is InChI=1S/C18H19N3O4S/c1-12(22)21-18(14-5-9-16(25-2)10-6-14)11-17(19-21)13-3-7-15(8-4-13)20-26(23)24/h3-10,18,20H,11H2,1-2H3,(H,23,24). The van der Waals surface area contributed by atoms with Crippen molar-refractivity contribution in [3.05, 3.63) is 59.7 Å². The molecule has 2 aromatic rings. The number of methoxy groups -OCH3 is 1. The second-order valence-corrected chi connectivity index (χ2v) is 6.53. The van der Waals surface area contributed by atoms with Crippen LogP contribution >= 0.6 is 0 Å². The molecule has 1 amide bonds. The quantitative estimate of drug-likeness (QED) is 0.789. The minimum atomic E-state index is -2.11. The van der Waals surface area contributed by atoms with Crippen molar-refractivity contribution in [3.8, 4) is 5.75 Å². The first-order valence-electron chi connectivity index (χ1n) is 7.97. The average molecular weight is 373 g/mol. The molecule has 7 nitrogen and oxygen atoms in total. The van der Waals surface area contributed by atoms with E-state index in [0.29, 0.717) is 12.1 Å². The molecule has 0 spiro atoms. The van der Waals surface area contributed by atoms with E-state index in [1.165, 1.54) is 11.9 Å². The Balaban J connectivity index is 1.84. The fraction of sp³-hybridized carbons (Fsp3) is 0.222. The van der Waals surface area contributed by atoms with Crippen LogP contribution in [0.5, 0.6) is 5.75 Å². The van der Waals surface area contributed by atoms with E-state index in [1.807, 2.05) is 36.4 Å². The van der Waals surface area contributed by atoms with Gasteiger partial charge >= 0.3 is 0 Å². The first-order valence-corrected chi connectivity index (χ1v) is 9.08. The smallest absolute Gasteiger partial charge is 0.259 e. The Bertz CT molecular complexity index is 850. The van der Waals surface area contributed by atoms with Gasteiger partial charge in [-0.15, -0.1) is 0 Å². The predicted molar refractivity (Wildman–Crippen MR) is 100 cm³/mol. The average Bonchev–Trinajstić information content (AvgIpc) is 3.07. The minimum Gasteiger partial charge on any atom is -0.497 e.